The number of hydrazine groups is 1. The van der Waals surface area contributed by atoms with Gasteiger partial charge >= 0.3 is 11.4 Å². The molecule has 0 saturated carbocycles. The molecule has 2 aliphatic heterocycles. The van der Waals surface area contributed by atoms with E-state index in [1.54, 1.807) is 24.3 Å². The summed E-state index contributed by atoms with van der Waals surface area (Å²) in [6.07, 6.45) is 2.96. The number of nitro benzene ring substituents is 2. The van der Waals surface area contributed by atoms with Crippen molar-refractivity contribution in [1.29, 1.82) is 0 Å². The van der Waals surface area contributed by atoms with Gasteiger partial charge in [-0.15, -0.1) is 5.01 Å². The molecule has 44 heavy (non-hydrogen) atoms. The summed E-state index contributed by atoms with van der Waals surface area (Å²) in [5.74, 6) is -0.941. The second-order valence-electron chi connectivity index (χ2n) is 10.4. The highest BCUT2D eigenvalue weighted by Gasteiger charge is 2.32. The van der Waals surface area contributed by atoms with Crippen LogP contribution in [-0.2, 0) is 4.79 Å². The van der Waals surface area contributed by atoms with Gasteiger partial charge in [0.2, 0.25) is 22.7 Å². The predicted molar refractivity (Wildman–Crippen MR) is 156 cm³/mol. The number of amides is 1. The summed E-state index contributed by atoms with van der Waals surface area (Å²) in [5, 5.41) is 46.7. The maximum atomic E-state index is 12.4. The fourth-order valence-corrected chi connectivity index (χ4v) is 5.05. The highest BCUT2D eigenvalue weighted by atomic mass is 16.7. The van der Waals surface area contributed by atoms with Gasteiger partial charge in [-0.25, -0.2) is 5.01 Å². The van der Waals surface area contributed by atoms with E-state index < -0.39 is 27.0 Å². The topological polar surface area (TPSA) is 179 Å². The monoisotopic (exact) mass is 603 g/mol. The Hall–Kier alpha value is -5.60. The molecule has 3 aromatic rings. The zero-order valence-electron chi connectivity index (χ0n) is 24.0. The summed E-state index contributed by atoms with van der Waals surface area (Å²) in [4.78, 5) is 39.6. The van der Waals surface area contributed by atoms with Gasteiger partial charge in [0.15, 0.2) is 0 Å². The minimum absolute atomic E-state index is 0.164. The third-order valence-corrected chi connectivity index (χ3v) is 7.31. The highest BCUT2D eigenvalue weighted by Crippen LogP contribution is 2.42. The maximum Gasteiger partial charge on any atom is 0.321 e. The smallest absolute Gasteiger partial charge is 0.321 e. The maximum absolute atomic E-state index is 12.4. The zero-order chi connectivity index (χ0) is 31.4. The van der Waals surface area contributed by atoms with Crippen molar-refractivity contribution in [3.8, 4) is 17.2 Å². The Morgan fingerprint density at radius 3 is 2.27 bits per heavy atom. The quantitative estimate of drug-likeness (QED) is 0.123. The number of ether oxygens (including phenoxy) is 1. The average Bonchev–Trinajstić information content (AvgIpc) is 3.47. The molecular weight excluding hydrogens is 574 g/mol. The second-order valence-corrected chi connectivity index (χ2v) is 10.4. The van der Waals surface area contributed by atoms with Crippen LogP contribution >= 0.6 is 0 Å². The third kappa shape index (κ3) is 6.56. The lowest BCUT2D eigenvalue weighted by Crippen LogP contribution is -2.35. The van der Waals surface area contributed by atoms with Crippen molar-refractivity contribution in [2.45, 2.75) is 45.6 Å². The van der Waals surface area contributed by atoms with Crippen LogP contribution in [0.15, 0.2) is 71.0 Å². The van der Waals surface area contributed by atoms with Gasteiger partial charge in [-0.2, -0.15) is 5.10 Å². The molecule has 3 aromatic carbocycles. The van der Waals surface area contributed by atoms with Crippen LogP contribution in [0.3, 0.4) is 0 Å². The second kappa shape index (κ2) is 12.7. The van der Waals surface area contributed by atoms with Gasteiger partial charge in [-0.05, 0) is 43.9 Å². The molecular formula is C29H29N7O8. The minimum atomic E-state index is -0.873. The molecule has 0 radical (unpaired) electrons. The molecule has 1 amide bonds. The molecule has 1 unspecified atom stereocenters. The number of hydrogen-bond acceptors (Lipinski definition) is 10. The van der Waals surface area contributed by atoms with E-state index in [2.05, 4.69) is 10.4 Å². The molecule has 228 valence electrons. The lowest BCUT2D eigenvalue weighted by atomic mass is 9.97. The van der Waals surface area contributed by atoms with Crippen LogP contribution in [0.2, 0.25) is 0 Å². The van der Waals surface area contributed by atoms with Crippen LogP contribution in [-0.4, -0.2) is 49.5 Å². The van der Waals surface area contributed by atoms with Gasteiger partial charge in [0.1, 0.15) is 11.8 Å². The summed E-state index contributed by atoms with van der Waals surface area (Å²) in [7, 11) is 0. The first-order chi connectivity index (χ1) is 21.1. The van der Waals surface area contributed by atoms with E-state index >= 15 is 0 Å². The molecule has 5 rings (SSSR count). The molecule has 1 atom stereocenters. The Morgan fingerprint density at radius 2 is 1.61 bits per heavy atom. The van der Waals surface area contributed by atoms with E-state index in [9.17, 15) is 30.2 Å². The van der Waals surface area contributed by atoms with Crippen LogP contribution < -0.4 is 9.57 Å². The number of nitro groups is 2. The van der Waals surface area contributed by atoms with E-state index in [1.165, 1.54) is 16.9 Å². The van der Waals surface area contributed by atoms with Gasteiger partial charge in [0.05, 0.1) is 39.7 Å². The number of benzene rings is 3. The van der Waals surface area contributed by atoms with Gasteiger partial charge in [-0.1, -0.05) is 42.0 Å². The number of hydrazone groups is 1. The summed E-state index contributed by atoms with van der Waals surface area (Å²) >= 11 is 0. The van der Waals surface area contributed by atoms with Crippen LogP contribution in [0, 0.1) is 32.4 Å². The Morgan fingerprint density at radius 1 is 0.932 bits per heavy atom. The Balaban J connectivity index is 1.43. The highest BCUT2D eigenvalue weighted by molar-refractivity contribution is 6.03. The summed E-state index contributed by atoms with van der Waals surface area (Å²) in [5.41, 5.74) is 1.77. The summed E-state index contributed by atoms with van der Waals surface area (Å²) in [6, 6.07) is 15.7. The molecule has 2 heterocycles. The normalized spacial score (nSPS) is 16.8. The number of rotatable bonds is 9. The van der Waals surface area contributed by atoms with Crippen molar-refractivity contribution in [2.24, 2.45) is 10.4 Å². The molecule has 0 spiro atoms. The number of carbonyl (C=O) groups excluding carboxylic acids is 1. The molecule has 15 heteroatoms. The molecule has 15 nitrogen and oxygen atoms in total. The number of aryl methyl sites for hydroxylation is 1. The molecule has 0 N–H and O–H groups in total. The van der Waals surface area contributed by atoms with Crippen LogP contribution in [0.25, 0.3) is 0 Å². The van der Waals surface area contributed by atoms with Crippen molar-refractivity contribution in [2.75, 3.05) is 13.1 Å². The molecule has 2 aliphatic rings. The first kappa shape index (κ1) is 29.9. The number of hydrogen-bond donors (Lipinski definition) is 0. The fraction of sp³-hybridized carbons (Fsp3) is 0.310. The van der Waals surface area contributed by atoms with Gasteiger partial charge < -0.3 is 9.94 Å². The van der Waals surface area contributed by atoms with Crippen molar-refractivity contribution in [3.63, 3.8) is 0 Å². The molecule has 0 aromatic heterocycles. The number of piperidine rings is 1. The predicted octanol–water partition coefficient (Wildman–Crippen LogP) is 5.96. The van der Waals surface area contributed by atoms with Crippen molar-refractivity contribution >= 4 is 23.0 Å². The van der Waals surface area contributed by atoms with Crippen molar-refractivity contribution < 1.29 is 29.2 Å². The van der Waals surface area contributed by atoms with Crippen LogP contribution in [0.1, 0.15) is 55.3 Å². The average molecular weight is 604 g/mol. The lowest BCUT2D eigenvalue weighted by molar-refractivity contribution is -0.708. The SMILES string of the molecule is CC(=O)N1N=C(c2cccc(Oc3cc(O/N=[N+](\[O-])N4CCCCC4)c([N+](=O)[O-])cc3[N+](=O)[O-])c2)CC1c1ccc(C)cc1. The molecule has 1 saturated heterocycles. The van der Waals surface area contributed by atoms with E-state index in [0.717, 1.165) is 36.5 Å². The fourth-order valence-electron chi connectivity index (χ4n) is 5.05. The van der Waals surface area contributed by atoms with E-state index in [0.29, 0.717) is 36.9 Å². The Labute approximate surface area is 251 Å². The van der Waals surface area contributed by atoms with Crippen LogP contribution in [0.4, 0.5) is 11.4 Å². The van der Waals surface area contributed by atoms with Crippen molar-refractivity contribution in [3.05, 3.63) is 103 Å². The summed E-state index contributed by atoms with van der Waals surface area (Å²) < 4.78 is 5.84. The Bertz CT molecular complexity index is 1650. The van der Waals surface area contributed by atoms with E-state index in [4.69, 9.17) is 9.57 Å². The molecule has 0 aliphatic carbocycles. The number of carbonyl (C=O) groups is 1. The van der Waals surface area contributed by atoms with E-state index in [-0.39, 0.29) is 28.4 Å². The van der Waals surface area contributed by atoms with Crippen molar-refractivity contribution in [1.82, 2.24) is 10.0 Å². The van der Waals surface area contributed by atoms with Gasteiger partial charge in [0.25, 0.3) is 0 Å². The van der Waals surface area contributed by atoms with E-state index in [1.807, 2.05) is 31.2 Å². The Kier molecular flexibility index (Phi) is 8.64. The molecule has 1 fully saturated rings. The third-order valence-electron chi connectivity index (χ3n) is 7.31. The largest absolute Gasteiger partial charge is 0.569 e. The summed E-state index contributed by atoms with van der Waals surface area (Å²) in [6.45, 7) is 4.31. The van der Waals surface area contributed by atoms with Gasteiger partial charge in [0, 0.05) is 25.0 Å². The molecule has 0 bridgehead atoms. The first-order valence-electron chi connectivity index (χ1n) is 13.9. The minimum Gasteiger partial charge on any atom is -0.569 e. The van der Waals surface area contributed by atoms with Gasteiger partial charge in [-0.3, -0.25) is 29.9 Å². The lowest BCUT2D eigenvalue weighted by Gasteiger charge is -2.21. The number of nitrogens with zero attached hydrogens (tertiary/aromatic N) is 7. The zero-order valence-corrected chi connectivity index (χ0v) is 24.0. The van der Waals surface area contributed by atoms with Crippen LogP contribution in [0.5, 0.6) is 17.2 Å². The standard InChI is InChI=1S/C29H29N7O8/c1-19-9-11-21(12-10-19)25-16-24(30-33(25)20(2)37)22-7-6-8-23(15-22)43-28-18-29(27(35(40)41)17-26(28)34(38)39)44-31-36(42)32-13-4-3-5-14-32/h6-12,15,17-18,25H,3-5,13-14,16H2,1-2H3/b36-31-. The first-order valence-corrected chi connectivity index (χ1v) is 13.9.